The fourth-order valence-electron chi connectivity index (χ4n) is 4.17. The Hall–Kier alpha value is -4.64. The Morgan fingerprint density at radius 1 is 0.667 bits per heavy atom. The molecular formula is C28H21N5. The molecular weight excluding hydrogens is 406 g/mol. The molecule has 0 aliphatic carbocycles. The van der Waals surface area contributed by atoms with Crippen LogP contribution in [0.1, 0.15) is 0 Å². The molecule has 0 aliphatic rings. The standard InChI is InChI=1S/C28H21N5/c29-28-26-25(32-33-28)17-24(21-11-10-18-6-4-5-7-20(18)16-21)31-27(26)19-12-14-23(15-13-19)30-22-8-2-1-3-9-22/h1-17,30H,(H3,29,32,33). The molecule has 158 valence electrons. The Labute approximate surface area is 190 Å². The number of benzene rings is 4. The van der Waals surface area contributed by atoms with Gasteiger partial charge in [0, 0.05) is 22.5 Å². The minimum absolute atomic E-state index is 0.448. The highest BCUT2D eigenvalue weighted by Gasteiger charge is 2.15. The van der Waals surface area contributed by atoms with Crippen LogP contribution in [0.25, 0.3) is 44.2 Å². The van der Waals surface area contributed by atoms with Gasteiger partial charge in [-0.3, -0.25) is 5.10 Å². The largest absolute Gasteiger partial charge is 0.382 e. The lowest BCUT2D eigenvalue weighted by molar-refractivity contribution is 1.13. The Morgan fingerprint density at radius 3 is 2.18 bits per heavy atom. The molecule has 6 rings (SSSR count). The van der Waals surface area contributed by atoms with Gasteiger partial charge < -0.3 is 11.1 Å². The van der Waals surface area contributed by atoms with E-state index in [-0.39, 0.29) is 0 Å². The van der Waals surface area contributed by atoms with Crippen molar-refractivity contribution in [2.24, 2.45) is 0 Å². The first-order chi connectivity index (χ1) is 16.2. The lowest BCUT2D eigenvalue weighted by atomic mass is 10.0. The highest BCUT2D eigenvalue weighted by Crippen LogP contribution is 2.34. The first-order valence-corrected chi connectivity index (χ1v) is 10.8. The van der Waals surface area contributed by atoms with Gasteiger partial charge in [-0.05, 0) is 47.2 Å². The van der Waals surface area contributed by atoms with Crippen molar-refractivity contribution >= 4 is 38.9 Å². The van der Waals surface area contributed by atoms with Crippen LogP contribution in [-0.4, -0.2) is 15.2 Å². The molecule has 0 radical (unpaired) electrons. The zero-order valence-electron chi connectivity index (χ0n) is 17.8. The van der Waals surface area contributed by atoms with Crippen LogP contribution in [0.2, 0.25) is 0 Å². The first kappa shape index (κ1) is 19.1. The second-order valence-electron chi connectivity index (χ2n) is 8.02. The van der Waals surface area contributed by atoms with Crippen LogP contribution in [0, 0.1) is 0 Å². The van der Waals surface area contributed by atoms with E-state index < -0.39 is 0 Å². The van der Waals surface area contributed by atoms with Gasteiger partial charge in [0.2, 0.25) is 0 Å². The summed E-state index contributed by atoms with van der Waals surface area (Å²) in [5, 5.41) is 13.9. The van der Waals surface area contributed by atoms with E-state index in [1.807, 2.05) is 42.5 Å². The number of H-pyrrole nitrogens is 1. The Kier molecular flexibility index (Phi) is 4.51. The van der Waals surface area contributed by atoms with E-state index in [1.54, 1.807) is 0 Å². The van der Waals surface area contributed by atoms with Crippen LogP contribution >= 0.6 is 0 Å². The maximum atomic E-state index is 6.21. The van der Waals surface area contributed by atoms with E-state index >= 15 is 0 Å². The van der Waals surface area contributed by atoms with Crippen LogP contribution in [0.3, 0.4) is 0 Å². The topological polar surface area (TPSA) is 79.6 Å². The highest BCUT2D eigenvalue weighted by atomic mass is 15.2. The molecule has 6 aromatic rings. The molecule has 4 N–H and O–H groups in total. The number of pyridine rings is 1. The lowest BCUT2D eigenvalue weighted by Crippen LogP contribution is -1.94. The van der Waals surface area contributed by atoms with Gasteiger partial charge in [0.25, 0.3) is 0 Å². The number of nitrogens with one attached hydrogen (secondary N) is 2. The summed E-state index contributed by atoms with van der Waals surface area (Å²) < 4.78 is 0. The molecule has 5 heteroatoms. The molecule has 0 unspecified atom stereocenters. The number of aromatic amines is 1. The second kappa shape index (κ2) is 7.80. The maximum Gasteiger partial charge on any atom is 0.155 e. The van der Waals surface area contributed by atoms with Crippen molar-refractivity contribution in [2.45, 2.75) is 0 Å². The smallest absolute Gasteiger partial charge is 0.155 e. The van der Waals surface area contributed by atoms with E-state index in [1.165, 1.54) is 10.8 Å². The zero-order chi connectivity index (χ0) is 22.2. The van der Waals surface area contributed by atoms with Gasteiger partial charge in [0.1, 0.15) is 0 Å². The third-order valence-electron chi connectivity index (χ3n) is 5.84. The monoisotopic (exact) mass is 427 g/mol. The minimum Gasteiger partial charge on any atom is -0.382 e. The van der Waals surface area contributed by atoms with Crippen LogP contribution in [0.5, 0.6) is 0 Å². The summed E-state index contributed by atoms with van der Waals surface area (Å²) in [6.07, 6.45) is 0. The van der Waals surface area contributed by atoms with Crippen molar-refractivity contribution in [3.05, 3.63) is 103 Å². The van der Waals surface area contributed by atoms with Crippen molar-refractivity contribution < 1.29 is 0 Å². The van der Waals surface area contributed by atoms with Crippen LogP contribution in [0.15, 0.2) is 103 Å². The van der Waals surface area contributed by atoms with Crippen LogP contribution in [0.4, 0.5) is 17.2 Å². The van der Waals surface area contributed by atoms with Crippen molar-refractivity contribution in [3.8, 4) is 22.5 Å². The van der Waals surface area contributed by atoms with E-state index in [2.05, 4.69) is 76.2 Å². The molecule has 0 fully saturated rings. The van der Waals surface area contributed by atoms with Crippen LogP contribution < -0.4 is 11.1 Å². The molecule has 33 heavy (non-hydrogen) atoms. The van der Waals surface area contributed by atoms with Gasteiger partial charge in [-0.1, -0.05) is 66.7 Å². The number of rotatable bonds is 4. The van der Waals surface area contributed by atoms with E-state index in [0.717, 1.165) is 44.8 Å². The summed E-state index contributed by atoms with van der Waals surface area (Å²) in [7, 11) is 0. The fourth-order valence-corrected chi connectivity index (χ4v) is 4.17. The fraction of sp³-hybridized carbons (Fsp3) is 0. The molecule has 0 saturated heterocycles. The van der Waals surface area contributed by atoms with Crippen molar-refractivity contribution in [2.75, 3.05) is 11.1 Å². The average Bonchev–Trinajstić information content (AvgIpc) is 3.25. The van der Waals surface area contributed by atoms with Gasteiger partial charge in [-0.2, -0.15) is 5.10 Å². The van der Waals surface area contributed by atoms with E-state index in [9.17, 15) is 0 Å². The third kappa shape index (κ3) is 3.55. The van der Waals surface area contributed by atoms with E-state index in [0.29, 0.717) is 5.82 Å². The number of fused-ring (bicyclic) bond motifs is 2. The molecule has 0 atom stereocenters. The second-order valence-corrected chi connectivity index (χ2v) is 8.02. The summed E-state index contributed by atoms with van der Waals surface area (Å²) in [6, 6.07) is 35.1. The molecule has 0 amide bonds. The zero-order valence-corrected chi connectivity index (χ0v) is 17.8. The summed E-state index contributed by atoms with van der Waals surface area (Å²) in [5.74, 6) is 0.448. The number of hydrogen-bond donors (Lipinski definition) is 3. The third-order valence-corrected chi connectivity index (χ3v) is 5.84. The van der Waals surface area contributed by atoms with Crippen molar-refractivity contribution in [1.82, 2.24) is 15.2 Å². The predicted octanol–water partition coefficient (Wildman–Crippen LogP) is 6.77. The first-order valence-electron chi connectivity index (χ1n) is 10.8. The molecule has 0 saturated carbocycles. The van der Waals surface area contributed by atoms with Gasteiger partial charge in [-0.15, -0.1) is 0 Å². The summed E-state index contributed by atoms with van der Waals surface area (Å²) in [5.41, 5.74) is 12.8. The SMILES string of the molecule is Nc1n[nH]c2cc(-c3ccc4ccccc4c3)nc(-c3ccc(Nc4ccccc4)cc3)c12. The minimum atomic E-state index is 0.448. The summed E-state index contributed by atoms with van der Waals surface area (Å²) >= 11 is 0. The maximum absolute atomic E-state index is 6.21. The molecule has 0 aliphatic heterocycles. The van der Waals surface area contributed by atoms with Gasteiger partial charge >= 0.3 is 0 Å². The molecule has 0 bridgehead atoms. The Morgan fingerprint density at radius 2 is 1.36 bits per heavy atom. The van der Waals surface area contributed by atoms with Crippen molar-refractivity contribution in [1.29, 1.82) is 0 Å². The number of aromatic nitrogens is 3. The molecule has 5 nitrogen and oxygen atoms in total. The summed E-state index contributed by atoms with van der Waals surface area (Å²) in [6.45, 7) is 0. The van der Waals surface area contributed by atoms with Gasteiger partial charge in [-0.25, -0.2) is 4.98 Å². The Bertz CT molecular complexity index is 1580. The molecule has 2 aromatic heterocycles. The Balaban J connectivity index is 1.44. The van der Waals surface area contributed by atoms with Gasteiger partial charge in [0.05, 0.1) is 22.3 Å². The number of hydrogen-bond acceptors (Lipinski definition) is 4. The number of nitrogens with two attached hydrogens (primary N) is 1. The number of nitrogen functional groups attached to an aromatic ring is 1. The van der Waals surface area contributed by atoms with Crippen molar-refractivity contribution in [3.63, 3.8) is 0 Å². The normalized spacial score (nSPS) is 11.2. The molecule has 0 spiro atoms. The molecule has 4 aromatic carbocycles. The lowest BCUT2D eigenvalue weighted by Gasteiger charge is -2.10. The quantitative estimate of drug-likeness (QED) is 0.290. The van der Waals surface area contributed by atoms with Crippen LogP contribution in [-0.2, 0) is 0 Å². The highest BCUT2D eigenvalue weighted by molar-refractivity contribution is 6.02. The molecule has 2 heterocycles. The summed E-state index contributed by atoms with van der Waals surface area (Å²) in [4.78, 5) is 5.03. The number of para-hydroxylation sites is 1. The number of nitrogens with zero attached hydrogens (tertiary/aromatic N) is 2. The van der Waals surface area contributed by atoms with Gasteiger partial charge in [0.15, 0.2) is 5.82 Å². The average molecular weight is 428 g/mol. The predicted molar refractivity (Wildman–Crippen MR) is 136 cm³/mol. The van der Waals surface area contributed by atoms with E-state index in [4.69, 9.17) is 10.7 Å². The number of anilines is 3.